The van der Waals surface area contributed by atoms with Crippen molar-refractivity contribution in [1.29, 1.82) is 0 Å². The average molecular weight is 743 g/mol. The second-order valence-electron chi connectivity index (χ2n) is 15.9. The van der Waals surface area contributed by atoms with Gasteiger partial charge >= 0.3 is 6.03 Å². The summed E-state index contributed by atoms with van der Waals surface area (Å²) in [6.45, 7) is 15.9. The number of urea groups is 1. The quantitative estimate of drug-likeness (QED) is 0.131. The molecule has 0 aliphatic carbocycles. The van der Waals surface area contributed by atoms with Gasteiger partial charge in [-0.3, -0.25) is 19.5 Å². The molecule has 288 valence electrons. The first-order valence-corrected chi connectivity index (χ1v) is 19.5. The summed E-state index contributed by atoms with van der Waals surface area (Å²) in [6, 6.07) is 16.9. The zero-order valence-corrected chi connectivity index (χ0v) is 33.0. The number of carbonyl (C=O) groups is 1. The average Bonchev–Trinajstić information content (AvgIpc) is 3.59. The number of benzene rings is 1. The summed E-state index contributed by atoms with van der Waals surface area (Å²) >= 11 is 0. The first-order chi connectivity index (χ1) is 26.5. The summed E-state index contributed by atoms with van der Waals surface area (Å²) in [5.74, 6) is 0.504. The van der Waals surface area contributed by atoms with Crippen LogP contribution in [0.2, 0.25) is 0 Å². The van der Waals surface area contributed by atoms with E-state index in [-0.39, 0.29) is 29.8 Å². The highest BCUT2D eigenvalue weighted by Crippen LogP contribution is 2.42. The van der Waals surface area contributed by atoms with Crippen LogP contribution in [-0.4, -0.2) is 76.9 Å². The lowest BCUT2D eigenvalue weighted by Gasteiger charge is -2.42. The summed E-state index contributed by atoms with van der Waals surface area (Å²) in [5, 5.41) is 11.1. The summed E-state index contributed by atoms with van der Waals surface area (Å²) < 4.78 is 7.94. The Kier molecular flexibility index (Phi) is 11.5. The van der Waals surface area contributed by atoms with Crippen LogP contribution in [0.4, 0.5) is 16.4 Å². The Morgan fingerprint density at radius 2 is 1.58 bits per heavy atom. The molecule has 2 aliphatic heterocycles. The van der Waals surface area contributed by atoms with Gasteiger partial charge in [-0.15, -0.1) is 0 Å². The molecule has 6 heterocycles. The van der Waals surface area contributed by atoms with Crippen LogP contribution in [0.3, 0.4) is 0 Å². The number of aromatic nitrogens is 6. The number of ether oxygens (including phenoxy) is 1. The van der Waals surface area contributed by atoms with Crippen LogP contribution in [-0.2, 0) is 17.8 Å². The lowest BCUT2D eigenvalue weighted by Crippen LogP contribution is -2.59. The van der Waals surface area contributed by atoms with Gasteiger partial charge in [0.05, 0.1) is 65.8 Å². The van der Waals surface area contributed by atoms with Crippen molar-refractivity contribution in [3.8, 4) is 11.3 Å². The summed E-state index contributed by atoms with van der Waals surface area (Å²) in [7, 11) is 0. The Bertz CT molecular complexity index is 2030. The summed E-state index contributed by atoms with van der Waals surface area (Å²) in [6.07, 6.45) is 13.8. The maximum Gasteiger partial charge on any atom is 0.317 e. The van der Waals surface area contributed by atoms with Crippen LogP contribution in [0.15, 0.2) is 79.5 Å². The first kappa shape index (κ1) is 38.1. The number of anilines is 2. The predicted octanol–water partition coefficient (Wildman–Crippen LogP) is 7.87. The number of likely N-dealkylation sites (tertiary alicyclic amines) is 2. The van der Waals surface area contributed by atoms with Crippen molar-refractivity contribution < 1.29 is 9.53 Å². The molecule has 12 nitrogen and oxygen atoms in total. The second kappa shape index (κ2) is 16.7. The molecule has 0 radical (unpaired) electrons. The number of pyridine rings is 2. The van der Waals surface area contributed by atoms with Crippen LogP contribution < -0.4 is 10.6 Å². The van der Waals surface area contributed by atoms with Gasteiger partial charge in [0.1, 0.15) is 0 Å². The molecular weight excluding hydrogens is 689 g/mol. The Balaban J connectivity index is 0.946. The number of rotatable bonds is 12. The molecule has 5 aromatic rings. The van der Waals surface area contributed by atoms with Gasteiger partial charge in [-0.1, -0.05) is 24.3 Å². The van der Waals surface area contributed by atoms with Gasteiger partial charge in [0.25, 0.3) is 0 Å². The van der Waals surface area contributed by atoms with Crippen molar-refractivity contribution in [1.82, 2.24) is 44.8 Å². The Hall–Kier alpha value is -5.20. The fourth-order valence-corrected chi connectivity index (χ4v) is 7.84. The standard InChI is InChI=1S/C43H54N10O2/c1-29-11-8-18-44-39(29)37-13-7-14-38(40-30(2)12-9-19-45-40)53(37)22-10-21-52-26-34(25-48-52)49-41-46-20-17-36(50-41)32-15-16-33(31(3)23-32)24-47-42(54)51-27-35(28-51)55-43(4,5)6/h8-9,11-12,15-20,23,25-26,35,37-38H,7,10,13-14,21-22,24,27-28H2,1-6H3,(H,47,54)(H,46,49,50)/t37-,38?/m1/s1. The van der Waals surface area contributed by atoms with Crippen LogP contribution in [0.1, 0.15) is 92.2 Å². The molecule has 55 heavy (non-hydrogen) atoms. The minimum absolute atomic E-state index is 0.0669. The normalized spacial score (nSPS) is 17.9. The smallest absolute Gasteiger partial charge is 0.317 e. The van der Waals surface area contributed by atoms with Gasteiger partial charge in [-0.25, -0.2) is 14.8 Å². The van der Waals surface area contributed by atoms with E-state index in [2.05, 4.69) is 70.7 Å². The van der Waals surface area contributed by atoms with E-state index >= 15 is 0 Å². The topological polar surface area (TPSA) is 126 Å². The highest BCUT2D eigenvalue weighted by molar-refractivity contribution is 5.75. The number of hydrogen-bond acceptors (Lipinski definition) is 9. The molecule has 2 amide bonds. The van der Waals surface area contributed by atoms with Crippen LogP contribution in [0.5, 0.6) is 0 Å². The van der Waals surface area contributed by atoms with Crippen molar-refractivity contribution in [2.75, 3.05) is 25.0 Å². The van der Waals surface area contributed by atoms with Crippen LogP contribution >= 0.6 is 0 Å². The molecule has 2 aliphatic rings. The largest absolute Gasteiger partial charge is 0.369 e. The Morgan fingerprint density at radius 1 is 0.873 bits per heavy atom. The second-order valence-corrected chi connectivity index (χ2v) is 15.9. The Morgan fingerprint density at radius 3 is 2.24 bits per heavy atom. The number of piperidine rings is 1. The highest BCUT2D eigenvalue weighted by atomic mass is 16.5. The van der Waals surface area contributed by atoms with Crippen molar-refractivity contribution in [3.63, 3.8) is 0 Å². The number of nitrogens with zero attached hydrogens (tertiary/aromatic N) is 8. The lowest BCUT2D eigenvalue weighted by molar-refractivity contribution is -0.111. The number of amides is 2. The molecule has 1 unspecified atom stereocenters. The minimum atomic E-state index is -0.208. The lowest BCUT2D eigenvalue weighted by atomic mass is 9.88. The number of nitrogens with one attached hydrogen (secondary N) is 2. The molecule has 0 saturated carbocycles. The third-order valence-electron chi connectivity index (χ3n) is 10.6. The third kappa shape index (κ3) is 9.37. The van der Waals surface area contributed by atoms with Gasteiger partial charge in [-0.2, -0.15) is 5.10 Å². The van der Waals surface area contributed by atoms with Crippen molar-refractivity contribution in [3.05, 3.63) is 113 Å². The molecule has 1 aromatic carbocycles. The van der Waals surface area contributed by atoms with E-state index in [1.807, 2.05) is 74.5 Å². The molecule has 4 aromatic heterocycles. The van der Waals surface area contributed by atoms with E-state index in [1.54, 1.807) is 11.1 Å². The summed E-state index contributed by atoms with van der Waals surface area (Å²) in [5.41, 5.74) is 9.38. The zero-order chi connectivity index (χ0) is 38.5. The van der Waals surface area contributed by atoms with Crippen LogP contribution in [0, 0.1) is 20.8 Å². The number of hydrogen-bond donors (Lipinski definition) is 2. The molecule has 0 spiro atoms. The molecule has 2 N–H and O–H groups in total. The van der Waals surface area contributed by atoms with E-state index in [4.69, 9.17) is 19.7 Å². The SMILES string of the molecule is Cc1cc(-c2ccnc(Nc3cnn(CCCN4C(c5ncccc5C)CCC[C@@H]4c4ncccc4C)c3)n2)ccc1CNC(=O)N1CC(OC(C)(C)C)C1. The molecule has 12 heteroatoms. The van der Waals surface area contributed by atoms with Gasteiger partial charge < -0.3 is 20.3 Å². The van der Waals surface area contributed by atoms with E-state index in [1.165, 1.54) is 22.5 Å². The monoisotopic (exact) mass is 742 g/mol. The first-order valence-electron chi connectivity index (χ1n) is 19.5. The zero-order valence-electron chi connectivity index (χ0n) is 33.0. The Labute approximate surface area is 324 Å². The molecular formula is C43H54N10O2. The van der Waals surface area contributed by atoms with Gasteiger partial charge in [0.15, 0.2) is 0 Å². The van der Waals surface area contributed by atoms with Gasteiger partial charge in [-0.05, 0) is 114 Å². The molecule has 7 rings (SSSR count). The fourth-order valence-electron chi connectivity index (χ4n) is 7.84. The molecule has 0 bridgehead atoms. The maximum absolute atomic E-state index is 12.7. The van der Waals surface area contributed by atoms with E-state index in [9.17, 15) is 4.79 Å². The van der Waals surface area contributed by atoms with E-state index in [0.717, 1.165) is 66.8 Å². The summed E-state index contributed by atoms with van der Waals surface area (Å²) in [4.78, 5) is 36.1. The van der Waals surface area contributed by atoms with Crippen molar-refractivity contribution in [2.24, 2.45) is 0 Å². The van der Waals surface area contributed by atoms with Gasteiger partial charge in [0, 0.05) is 50.0 Å². The van der Waals surface area contributed by atoms with Crippen molar-refractivity contribution in [2.45, 2.75) is 104 Å². The van der Waals surface area contributed by atoms with E-state index < -0.39 is 0 Å². The minimum Gasteiger partial charge on any atom is -0.369 e. The molecule has 2 atom stereocenters. The predicted molar refractivity (Wildman–Crippen MR) is 215 cm³/mol. The molecule has 2 saturated heterocycles. The van der Waals surface area contributed by atoms with Crippen LogP contribution in [0.25, 0.3) is 11.3 Å². The van der Waals surface area contributed by atoms with Gasteiger partial charge in [0.2, 0.25) is 5.95 Å². The number of carbonyl (C=O) groups excluding carboxylic acids is 1. The third-order valence-corrected chi connectivity index (χ3v) is 10.6. The van der Waals surface area contributed by atoms with E-state index in [0.29, 0.717) is 25.6 Å². The molecule has 2 fully saturated rings. The maximum atomic E-state index is 12.7. The fraction of sp³-hybridized carbons (Fsp3) is 0.442. The highest BCUT2D eigenvalue weighted by Gasteiger charge is 2.35. The van der Waals surface area contributed by atoms with Crippen molar-refractivity contribution >= 4 is 17.7 Å². The number of aryl methyl sites for hydroxylation is 4.